The number of halogens is 3. The van der Waals surface area contributed by atoms with Gasteiger partial charge >= 0.3 is 12.1 Å². The van der Waals surface area contributed by atoms with Gasteiger partial charge < -0.3 is 9.47 Å². The van der Waals surface area contributed by atoms with Gasteiger partial charge in [0.25, 0.3) is 0 Å². The molecule has 0 amide bonds. The van der Waals surface area contributed by atoms with E-state index in [1.807, 2.05) is 31.2 Å². The third kappa shape index (κ3) is 7.20. The highest BCUT2D eigenvalue weighted by Crippen LogP contribution is 2.38. The predicted molar refractivity (Wildman–Crippen MR) is 129 cm³/mol. The number of ether oxygens (including phenoxy) is 2. The number of carbonyl (C=O) groups is 1. The van der Waals surface area contributed by atoms with Crippen molar-refractivity contribution >= 4 is 23.5 Å². The number of carbonyl (C=O) groups excluding carboxylic acids is 1. The highest BCUT2D eigenvalue weighted by molar-refractivity contribution is 6.18. The van der Waals surface area contributed by atoms with E-state index in [1.54, 1.807) is 0 Å². The molecule has 2 aromatic rings. The first-order chi connectivity index (χ1) is 15.9. The Morgan fingerprint density at radius 2 is 1.65 bits per heavy atom. The lowest BCUT2D eigenvalue weighted by Gasteiger charge is -2.23. The van der Waals surface area contributed by atoms with Crippen molar-refractivity contribution in [2.45, 2.75) is 65.3 Å². The maximum atomic E-state index is 13.9. The second-order valence-corrected chi connectivity index (χ2v) is 8.93. The molecular weight excluding hydrogens is 443 g/mol. The molecule has 2 rings (SSSR count). The zero-order chi connectivity index (χ0) is 25.5. The minimum absolute atomic E-state index is 0.0705. The fourth-order valence-corrected chi connectivity index (χ4v) is 3.38. The van der Waals surface area contributed by atoms with Gasteiger partial charge in [0, 0.05) is 37.7 Å². The predicted octanol–water partition coefficient (Wildman–Crippen LogP) is 7.28. The Bertz CT molecular complexity index is 1030. The normalized spacial score (nSPS) is 14.0. The van der Waals surface area contributed by atoms with Crippen molar-refractivity contribution in [3.8, 4) is 0 Å². The molecule has 34 heavy (non-hydrogen) atoms. The summed E-state index contributed by atoms with van der Waals surface area (Å²) in [6.07, 6.45) is -3.50. The van der Waals surface area contributed by atoms with Gasteiger partial charge in [-0.2, -0.15) is 13.2 Å². The number of benzene rings is 2. The van der Waals surface area contributed by atoms with Crippen LogP contribution in [-0.2, 0) is 25.9 Å². The Hall–Kier alpha value is -3.09. The number of rotatable bonds is 8. The van der Waals surface area contributed by atoms with E-state index in [9.17, 15) is 18.0 Å². The van der Waals surface area contributed by atoms with Gasteiger partial charge in [-0.25, -0.2) is 0 Å². The molecule has 0 aliphatic heterocycles. The maximum absolute atomic E-state index is 13.9. The van der Waals surface area contributed by atoms with E-state index in [-0.39, 0.29) is 23.2 Å². The van der Waals surface area contributed by atoms with Crippen LogP contribution in [0.2, 0.25) is 0 Å². The van der Waals surface area contributed by atoms with Gasteiger partial charge in [0.15, 0.2) is 0 Å². The summed E-state index contributed by atoms with van der Waals surface area (Å²) in [6.45, 7) is 9.54. The number of aliphatic imine (C=N–C) groups is 1. The van der Waals surface area contributed by atoms with Crippen molar-refractivity contribution in [3.05, 3.63) is 70.8 Å². The van der Waals surface area contributed by atoms with Gasteiger partial charge in [-0.1, -0.05) is 70.2 Å². The van der Waals surface area contributed by atoms with Crippen LogP contribution in [0, 0.1) is 0 Å². The number of allylic oxidation sites excluding steroid dienone is 1. The molecule has 0 aliphatic rings. The summed E-state index contributed by atoms with van der Waals surface area (Å²) in [5, 5.41) is 0. The SMILES string of the molecule is CCCC(=O)OC(C)O/C(=C(/C=NC)c1ccc(C(C)(C)C)cc1)c1ccccc1C(F)(F)F. The third-order valence-corrected chi connectivity index (χ3v) is 5.08. The minimum Gasteiger partial charge on any atom is -0.454 e. The minimum atomic E-state index is -4.61. The summed E-state index contributed by atoms with van der Waals surface area (Å²) >= 11 is 0. The van der Waals surface area contributed by atoms with E-state index < -0.39 is 24.0 Å². The summed E-state index contributed by atoms with van der Waals surface area (Å²) in [4.78, 5) is 16.0. The molecule has 4 nitrogen and oxygen atoms in total. The van der Waals surface area contributed by atoms with E-state index in [0.717, 1.165) is 11.6 Å². The molecule has 0 saturated heterocycles. The smallest absolute Gasteiger partial charge is 0.417 e. The molecule has 0 bridgehead atoms. The van der Waals surface area contributed by atoms with E-state index in [2.05, 4.69) is 25.8 Å². The lowest BCUT2D eigenvalue weighted by Crippen LogP contribution is -2.19. The first-order valence-corrected chi connectivity index (χ1v) is 11.2. The quantitative estimate of drug-likeness (QED) is 0.133. The van der Waals surface area contributed by atoms with Gasteiger partial charge in [-0.15, -0.1) is 0 Å². The standard InChI is InChI=1S/C27H32F3NO3/c1-7-10-24(32)33-18(2)34-25(21-11-8-9-12-23(21)27(28,29)30)22(17-31-6)19-13-15-20(16-14-19)26(3,4)5/h8-9,11-18H,7,10H2,1-6H3/b25-22-,31-17?. The van der Waals surface area contributed by atoms with Crippen molar-refractivity contribution < 1.29 is 27.4 Å². The average molecular weight is 476 g/mol. The van der Waals surface area contributed by atoms with Crippen LogP contribution in [0.15, 0.2) is 53.5 Å². The molecule has 0 radical (unpaired) electrons. The molecule has 2 aromatic carbocycles. The van der Waals surface area contributed by atoms with Crippen LogP contribution < -0.4 is 0 Å². The fraction of sp³-hybridized carbons (Fsp3) is 0.407. The van der Waals surface area contributed by atoms with Crippen molar-refractivity contribution in [2.75, 3.05) is 7.05 Å². The van der Waals surface area contributed by atoms with Crippen molar-refractivity contribution in [2.24, 2.45) is 4.99 Å². The highest BCUT2D eigenvalue weighted by atomic mass is 19.4. The third-order valence-electron chi connectivity index (χ3n) is 5.08. The molecule has 0 aromatic heterocycles. The van der Waals surface area contributed by atoms with Gasteiger partial charge in [0.2, 0.25) is 6.29 Å². The fourth-order valence-electron chi connectivity index (χ4n) is 3.38. The number of nitrogens with zero attached hydrogens (tertiary/aromatic N) is 1. The van der Waals surface area contributed by atoms with Crippen LogP contribution >= 0.6 is 0 Å². The monoisotopic (exact) mass is 475 g/mol. The Morgan fingerprint density at radius 1 is 1.03 bits per heavy atom. The van der Waals surface area contributed by atoms with Crippen LogP contribution in [0.4, 0.5) is 13.2 Å². The molecule has 7 heteroatoms. The second kappa shape index (κ2) is 11.4. The first-order valence-electron chi connectivity index (χ1n) is 11.2. The van der Waals surface area contributed by atoms with Crippen LogP contribution in [0.1, 0.15) is 69.7 Å². The second-order valence-electron chi connectivity index (χ2n) is 8.93. The number of esters is 1. The zero-order valence-corrected chi connectivity index (χ0v) is 20.5. The van der Waals surface area contributed by atoms with E-state index in [4.69, 9.17) is 9.47 Å². The Morgan fingerprint density at radius 3 is 2.18 bits per heavy atom. The number of hydrogen-bond acceptors (Lipinski definition) is 4. The van der Waals surface area contributed by atoms with Crippen molar-refractivity contribution in [1.29, 1.82) is 0 Å². The van der Waals surface area contributed by atoms with Gasteiger partial charge in [0.1, 0.15) is 5.76 Å². The molecule has 0 N–H and O–H groups in total. The van der Waals surface area contributed by atoms with Crippen molar-refractivity contribution in [1.82, 2.24) is 0 Å². The molecule has 0 spiro atoms. The Kier molecular flexibility index (Phi) is 9.07. The number of alkyl halides is 3. The molecule has 0 heterocycles. The molecule has 0 saturated carbocycles. The molecular formula is C27H32F3NO3. The topological polar surface area (TPSA) is 47.9 Å². The summed E-state index contributed by atoms with van der Waals surface area (Å²) < 4.78 is 52.9. The molecule has 184 valence electrons. The van der Waals surface area contributed by atoms with Crippen LogP contribution in [0.5, 0.6) is 0 Å². The lowest BCUT2D eigenvalue weighted by atomic mass is 9.86. The zero-order valence-electron chi connectivity index (χ0n) is 20.5. The maximum Gasteiger partial charge on any atom is 0.417 e. The Labute approximate surface area is 199 Å². The summed E-state index contributed by atoms with van der Waals surface area (Å²) in [5.41, 5.74) is 0.930. The summed E-state index contributed by atoms with van der Waals surface area (Å²) in [7, 11) is 1.53. The van der Waals surface area contributed by atoms with Gasteiger partial charge in [0.05, 0.1) is 5.56 Å². The molecule has 0 aliphatic carbocycles. The van der Waals surface area contributed by atoms with Crippen LogP contribution in [-0.4, -0.2) is 25.5 Å². The van der Waals surface area contributed by atoms with Crippen LogP contribution in [0.3, 0.4) is 0 Å². The van der Waals surface area contributed by atoms with Gasteiger partial charge in [-0.05, 0) is 29.0 Å². The van der Waals surface area contributed by atoms with Gasteiger partial charge in [-0.3, -0.25) is 9.79 Å². The largest absolute Gasteiger partial charge is 0.454 e. The Balaban J connectivity index is 2.72. The van der Waals surface area contributed by atoms with Crippen molar-refractivity contribution in [3.63, 3.8) is 0 Å². The summed E-state index contributed by atoms with van der Waals surface area (Å²) in [6, 6.07) is 12.7. The number of hydrogen-bond donors (Lipinski definition) is 0. The van der Waals surface area contributed by atoms with E-state index in [0.29, 0.717) is 17.6 Å². The van der Waals surface area contributed by atoms with E-state index >= 15 is 0 Å². The molecule has 0 fully saturated rings. The van der Waals surface area contributed by atoms with Crippen LogP contribution in [0.25, 0.3) is 11.3 Å². The lowest BCUT2D eigenvalue weighted by molar-refractivity contribution is -0.164. The highest BCUT2D eigenvalue weighted by Gasteiger charge is 2.35. The molecule has 1 atom stereocenters. The van der Waals surface area contributed by atoms with E-state index in [1.165, 1.54) is 38.4 Å². The summed E-state index contributed by atoms with van der Waals surface area (Å²) in [5.74, 6) is -0.558. The average Bonchev–Trinajstić information content (AvgIpc) is 2.75. The first kappa shape index (κ1) is 27.2. The molecule has 1 unspecified atom stereocenters.